The van der Waals surface area contributed by atoms with Crippen molar-refractivity contribution in [2.45, 2.75) is 65.3 Å². The Morgan fingerprint density at radius 2 is 1.85 bits per heavy atom. The largest absolute Gasteiger partial charge is 0.350 e. The van der Waals surface area contributed by atoms with Gasteiger partial charge in [0.15, 0.2) is 6.29 Å². The third-order valence-corrected chi connectivity index (χ3v) is 4.91. The lowest BCUT2D eigenvalue weighted by Gasteiger charge is -2.32. The van der Waals surface area contributed by atoms with Crippen LogP contribution in [-0.4, -0.2) is 44.0 Å². The lowest BCUT2D eigenvalue weighted by atomic mass is 9.78. The van der Waals surface area contributed by atoms with E-state index in [2.05, 4.69) is 32.7 Å². The average molecular weight is 283 g/mol. The summed E-state index contributed by atoms with van der Waals surface area (Å²) in [6.07, 6.45) is 7.06. The summed E-state index contributed by atoms with van der Waals surface area (Å²) < 4.78 is 12.0. The number of rotatable bonds is 6. The minimum Gasteiger partial charge on any atom is -0.350 e. The van der Waals surface area contributed by atoms with Gasteiger partial charge < -0.3 is 14.4 Å². The van der Waals surface area contributed by atoms with Gasteiger partial charge in [-0.05, 0) is 57.5 Å². The third-order valence-electron chi connectivity index (χ3n) is 4.91. The van der Waals surface area contributed by atoms with Crippen molar-refractivity contribution < 1.29 is 9.47 Å². The molecule has 1 saturated carbocycles. The van der Waals surface area contributed by atoms with Crippen molar-refractivity contribution in [1.29, 1.82) is 0 Å². The normalized spacial score (nSPS) is 35.1. The van der Waals surface area contributed by atoms with E-state index in [1.54, 1.807) is 0 Å². The first-order valence-electron chi connectivity index (χ1n) is 8.54. The fourth-order valence-corrected chi connectivity index (χ4v) is 3.65. The van der Waals surface area contributed by atoms with Gasteiger partial charge in [-0.3, -0.25) is 0 Å². The highest BCUT2D eigenvalue weighted by Gasteiger charge is 2.35. The Kier molecular flexibility index (Phi) is 6.31. The SMILES string of the molecule is CCN(C)CC1COC(C2CCC(CC(C)C)CC2)O1. The highest BCUT2D eigenvalue weighted by atomic mass is 16.7. The third kappa shape index (κ3) is 4.71. The van der Waals surface area contributed by atoms with Crippen molar-refractivity contribution in [3.63, 3.8) is 0 Å². The highest BCUT2D eigenvalue weighted by molar-refractivity contribution is 4.79. The maximum atomic E-state index is 6.13. The fourth-order valence-electron chi connectivity index (χ4n) is 3.65. The molecule has 118 valence electrons. The molecule has 3 heteroatoms. The van der Waals surface area contributed by atoms with Crippen LogP contribution >= 0.6 is 0 Å². The topological polar surface area (TPSA) is 21.7 Å². The number of ether oxygens (including phenoxy) is 2. The van der Waals surface area contributed by atoms with Gasteiger partial charge in [-0.1, -0.05) is 20.8 Å². The van der Waals surface area contributed by atoms with Gasteiger partial charge in [-0.15, -0.1) is 0 Å². The molecule has 0 aromatic rings. The molecule has 0 amide bonds. The molecule has 1 saturated heterocycles. The smallest absolute Gasteiger partial charge is 0.161 e. The summed E-state index contributed by atoms with van der Waals surface area (Å²) in [5.41, 5.74) is 0. The van der Waals surface area contributed by atoms with Crippen molar-refractivity contribution in [3.05, 3.63) is 0 Å². The Morgan fingerprint density at radius 3 is 2.45 bits per heavy atom. The lowest BCUT2D eigenvalue weighted by molar-refractivity contribution is -0.109. The molecule has 0 radical (unpaired) electrons. The van der Waals surface area contributed by atoms with E-state index >= 15 is 0 Å². The van der Waals surface area contributed by atoms with Crippen LogP contribution < -0.4 is 0 Å². The summed E-state index contributed by atoms with van der Waals surface area (Å²) in [6.45, 7) is 9.71. The van der Waals surface area contributed by atoms with E-state index in [9.17, 15) is 0 Å². The van der Waals surface area contributed by atoms with Crippen molar-refractivity contribution >= 4 is 0 Å². The van der Waals surface area contributed by atoms with E-state index in [1.807, 2.05) is 0 Å². The van der Waals surface area contributed by atoms with E-state index in [4.69, 9.17) is 9.47 Å². The van der Waals surface area contributed by atoms with E-state index in [0.29, 0.717) is 5.92 Å². The predicted octanol–water partition coefficient (Wildman–Crippen LogP) is 3.53. The van der Waals surface area contributed by atoms with Crippen LogP contribution in [-0.2, 0) is 9.47 Å². The molecule has 1 aliphatic heterocycles. The molecule has 1 heterocycles. The van der Waals surface area contributed by atoms with Crippen LogP contribution in [0.15, 0.2) is 0 Å². The zero-order valence-corrected chi connectivity index (χ0v) is 13.8. The molecule has 0 aromatic heterocycles. The van der Waals surface area contributed by atoms with Crippen molar-refractivity contribution in [2.24, 2.45) is 17.8 Å². The molecule has 0 aromatic carbocycles. The number of hydrogen-bond donors (Lipinski definition) is 0. The van der Waals surface area contributed by atoms with Crippen molar-refractivity contribution in [3.8, 4) is 0 Å². The molecule has 2 unspecified atom stereocenters. The Morgan fingerprint density at radius 1 is 1.15 bits per heavy atom. The van der Waals surface area contributed by atoms with Crippen LogP contribution in [0.1, 0.15) is 52.9 Å². The number of hydrogen-bond acceptors (Lipinski definition) is 3. The van der Waals surface area contributed by atoms with Crippen LogP contribution in [0.25, 0.3) is 0 Å². The number of likely N-dealkylation sites (N-methyl/N-ethyl adjacent to an activating group) is 1. The Balaban J connectivity index is 1.70. The molecule has 2 fully saturated rings. The zero-order valence-electron chi connectivity index (χ0n) is 13.8. The summed E-state index contributed by atoms with van der Waals surface area (Å²) in [4.78, 5) is 2.30. The van der Waals surface area contributed by atoms with Gasteiger partial charge in [0.1, 0.15) is 0 Å². The second kappa shape index (κ2) is 7.77. The Labute approximate surface area is 125 Å². The monoisotopic (exact) mass is 283 g/mol. The van der Waals surface area contributed by atoms with Gasteiger partial charge in [-0.25, -0.2) is 0 Å². The van der Waals surface area contributed by atoms with Crippen LogP contribution in [0.4, 0.5) is 0 Å². The number of nitrogens with zero attached hydrogens (tertiary/aromatic N) is 1. The molecule has 0 N–H and O–H groups in total. The van der Waals surface area contributed by atoms with Gasteiger partial charge in [0.2, 0.25) is 0 Å². The quantitative estimate of drug-likeness (QED) is 0.744. The molecule has 1 aliphatic carbocycles. The van der Waals surface area contributed by atoms with Crippen molar-refractivity contribution in [2.75, 3.05) is 26.7 Å². The molecule has 2 atom stereocenters. The zero-order chi connectivity index (χ0) is 14.5. The molecule has 2 aliphatic rings. The molecule has 3 nitrogen and oxygen atoms in total. The first-order chi connectivity index (χ1) is 9.58. The van der Waals surface area contributed by atoms with Crippen LogP contribution in [0.3, 0.4) is 0 Å². The maximum Gasteiger partial charge on any atom is 0.161 e. The molecule has 20 heavy (non-hydrogen) atoms. The van der Waals surface area contributed by atoms with Crippen LogP contribution in [0.2, 0.25) is 0 Å². The van der Waals surface area contributed by atoms with Gasteiger partial charge in [0, 0.05) is 12.5 Å². The Hall–Kier alpha value is -0.120. The summed E-state index contributed by atoms with van der Waals surface area (Å²) >= 11 is 0. The second-order valence-corrected chi connectivity index (χ2v) is 7.23. The highest BCUT2D eigenvalue weighted by Crippen LogP contribution is 2.37. The van der Waals surface area contributed by atoms with Gasteiger partial charge >= 0.3 is 0 Å². The lowest BCUT2D eigenvalue weighted by Crippen LogP contribution is -2.32. The first kappa shape index (κ1) is 16.3. The molecule has 2 rings (SSSR count). The average Bonchev–Trinajstić information content (AvgIpc) is 2.87. The molecular formula is C17H33NO2. The first-order valence-corrected chi connectivity index (χ1v) is 8.54. The van der Waals surface area contributed by atoms with E-state index in [-0.39, 0.29) is 12.4 Å². The fraction of sp³-hybridized carbons (Fsp3) is 1.00. The van der Waals surface area contributed by atoms with Crippen LogP contribution in [0, 0.1) is 17.8 Å². The minimum absolute atomic E-state index is 0.0743. The van der Waals surface area contributed by atoms with E-state index in [1.165, 1.54) is 32.1 Å². The van der Waals surface area contributed by atoms with Gasteiger partial charge in [-0.2, -0.15) is 0 Å². The summed E-state index contributed by atoms with van der Waals surface area (Å²) in [5, 5.41) is 0. The van der Waals surface area contributed by atoms with Crippen LogP contribution in [0.5, 0.6) is 0 Å². The summed E-state index contributed by atoms with van der Waals surface area (Å²) in [7, 11) is 2.15. The van der Waals surface area contributed by atoms with E-state index in [0.717, 1.165) is 31.5 Å². The molecule has 0 bridgehead atoms. The summed E-state index contributed by atoms with van der Waals surface area (Å²) in [6, 6.07) is 0. The van der Waals surface area contributed by atoms with E-state index < -0.39 is 0 Å². The summed E-state index contributed by atoms with van der Waals surface area (Å²) in [5.74, 6) is 2.41. The predicted molar refractivity (Wildman–Crippen MR) is 82.7 cm³/mol. The Bertz CT molecular complexity index is 274. The maximum absolute atomic E-state index is 6.13. The standard InChI is InChI=1S/C17H33NO2/c1-5-18(4)11-16-12-19-17(20-16)15-8-6-14(7-9-15)10-13(2)3/h13-17H,5-12H2,1-4H3. The van der Waals surface area contributed by atoms with Crippen molar-refractivity contribution in [1.82, 2.24) is 4.90 Å². The minimum atomic E-state index is 0.0743. The van der Waals surface area contributed by atoms with Gasteiger partial charge in [0.05, 0.1) is 12.7 Å². The van der Waals surface area contributed by atoms with Gasteiger partial charge in [0.25, 0.3) is 0 Å². The molecule has 0 spiro atoms. The second-order valence-electron chi connectivity index (χ2n) is 7.23. The molecular weight excluding hydrogens is 250 g/mol.